The number of amides is 2. The number of carbonyl (C=O) groups excluding carboxylic acids is 3. The lowest BCUT2D eigenvalue weighted by molar-refractivity contribution is -0.121. The Bertz CT molecular complexity index is 1020. The Labute approximate surface area is 193 Å². The van der Waals surface area contributed by atoms with E-state index in [0.29, 0.717) is 23.0 Å². The van der Waals surface area contributed by atoms with Gasteiger partial charge in [0.1, 0.15) is 5.54 Å². The highest BCUT2D eigenvalue weighted by Gasteiger charge is 2.38. The van der Waals surface area contributed by atoms with E-state index in [-0.39, 0.29) is 24.7 Å². The van der Waals surface area contributed by atoms with Gasteiger partial charge in [0.05, 0.1) is 12.7 Å². The Hall–Kier alpha value is -3.23. The molecule has 0 saturated heterocycles. The van der Waals surface area contributed by atoms with Gasteiger partial charge in [-0.25, -0.2) is 4.79 Å². The minimum Gasteiger partial charge on any atom is -0.465 e. The van der Waals surface area contributed by atoms with Gasteiger partial charge in [-0.05, 0) is 49.9 Å². The van der Waals surface area contributed by atoms with Crippen molar-refractivity contribution < 1.29 is 23.6 Å². The van der Waals surface area contributed by atoms with Gasteiger partial charge in [0, 0.05) is 25.5 Å². The van der Waals surface area contributed by atoms with E-state index in [1.807, 2.05) is 19.9 Å². The van der Waals surface area contributed by atoms with Gasteiger partial charge in [0.25, 0.3) is 0 Å². The van der Waals surface area contributed by atoms with E-state index in [1.54, 1.807) is 6.07 Å². The van der Waals surface area contributed by atoms with Crippen LogP contribution in [0.3, 0.4) is 0 Å². The molecule has 1 aromatic heterocycles. The van der Waals surface area contributed by atoms with Crippen molar-refractivity contribution in [3.8, 4) is 0 Å². The Morgan fingerprint density at radius 2 is 1.82 bits per heavy atom. The summed E-state index contributed by atoms with van der Waals surface area (Å²) in [5, 5.41) is 10.0. The molecule has 9 heteroatoms. The number of nitrogens with one attached hydrogen (secondary N) is 2. The Balaban J connectivity index is 1.66. The van der Waals surface area contributed by atoms with E-state index >= 15 is 0 Å². The summed E-state index contributed by atoms with van der Waals surface area (Å²) in [4.78, 5) is 40.9. The van der Waals surface area contributed by atoms with E-state index < -0.39 is 11.5 Å². The predicted octanol–water partition coefficient (Wildman–Crippen LogP) is 3.73. The minimum absolute atomic E-state index is 0.123. The van der Waals surface area contributed by atoms with Crippen LogP contribution in [0.15, 0.2) is 16.7 Å². The molecule has 0 unspecified atom stereocenters. The molecule has 0 bridgehead atoms. The van der Waals surface area contributed by atoms with Crippen LogP contribution >= 0.6 is 0 Å². The normalized spacial score (nSPS) is 15.4. The highest BCUT2D eigenvalue weighted by atomic mass is 16.5. The van der Waals surface area contributed by atoms with Crippen molar-refractivity contribution in [2.24, 2.45) is 0 Å². The number of benzene rings is 1. The van der Waals surface area contributed by atoms with E-state index in [1.165, 1.54) is 14.0 Å². The summed E-state index contributed by atoms with van der Waals surface area (Å²) in [6.45, 7) is 5.20. The zero-order valence-corrected chi connectivity index (χ0v) is 19.7. The molecule has 0 atom stereocenters. The summed E-state index contributed by atoms with van der Waals surface area (Å²) in [7, 11) is 1.33. The lowest BCUT2D eigenvalue weighted by Crippen LogP contribution is -2.45. The zero-order valence-electron chi connectivity index (χ0n) is 19.7. The molecule has 2 aromatic rings. The van der Waals surface area contributed by atoms with Crippen LogP contribution in [0.4, 0.5) is 5.69 Å². The van der Waals surface area contributed by atoms with Crippen LogP contribution in [0, 0.1) is 13.8 Å². The molecular formula is C24H32N4O5. The third-order valence-electron chi connectivity index (χ3n) is 6.19. The molecule has 1 aliphatic carbocycles. The second-order valence-electron chi connectivity index (χ2n) is 8.69. The van der Waals surface area contributed by atoms with Crippen LogP contribution in [0.1, 0.15) is 85.1 Å². The van der Waals surface area contributed by atoms with Crippen LogP contribution in [-0.4, -0.2) is 35.0 Å². The summed E-state index contributed by atoms with van der Waals surface area (Å²) in [6, 6.07) is 3.42. The Morgan fingerprint density at radius 3 is 2.45 bits per heavy atom. The third kappa shape index (κ3) is 5.97. The first kappa shape index (κ1) is 24.4. The number of aryl methyl sites for hydroxylation is 2. The number of anilines is 1. The largest absolute Gasteiger partial charge is 0.465 e. The van der Waals surface area contributed by atoms with E-state index in [2.05, 4.69) is 20.8 Å². The Kier molecular flexibility index (Phi) is 7.84. The molecular weight excluding hydrogens is 424 g/mol. The van der Waals surface area contributed by atoms with Gasteiger partial charge in [-0.2, -0.15) is 4.98 Å². The maximum absolute atomic E-state index is 12.5. The monoisotopic (exact) mass is 456 g/mol. The molecule has 0 aliphatic heterocycles. The topological polar surface area (TPSA) is 123 Å². The van der Waals surface area contributed by atoms with Crippen molar-refractivity contribution in [2.75, 3.05) is 12.4 Å². The summed E-state index contributed by atoms with van der Waals surface area (Å²) >= 11 is 0. The molecule has 1 heterocycles. The number of hydrogen-bond acceptors (Lipinski definition) is 7. The fourth-order valence-electron chi connectivity index (χ4n) is 4.32. The van der Waals surface area contributed by atoms with Crippen LogP contribution in [0.25, 0.3) is 0 Å². The number of esters is 1. The highest BCUT2D eigenvalue weighted by molar-refractivity contribution is 5.96. The van der Waals surface area contributed by atoms with E-state index in [0.717, 1.165) is 49.7 Å². The molecule has 0 spiro atoms. The molecule has 0 radical (unpaired) electrons. The molecule has 2 N–H and O–H groups in total. The molecule has 3 rings (SSSR count). The molecule has 178 valence electrons. The lowest BCUT2D eigenvalue weighted by Gasteiger charge is -2.30. The second-order valence-corrected chi connectivity index (χ2v) is 8.69. The maximum atomic E-state index is 12.5. The Morgan fingerprint density at radius 1 is 1.12 bits per heavy atom. The van der Waals surface area contributed by atoms with Crippen LogP contribution < -0.4 is 10.6 Å². The lowest BCUT2D eigenvalue weighted by atomic mass is 9.89. The third-order valence-corrected chi connectivity index (χ3v) is 6.19. The van der Waals surface area contributed by atoms with Gasteiger partial charge in [-0.3, -0.25) is 9.59 Å². The number of hydrogen-bond donors (Lipinski definition) is 2. The standard InChI is InChI=1S/C24H32N4O5/c1-15-13-18(14-19(16(15)2)22(31)32-4)25-20(30)9-10-21-26-23(28-33-21)24(27-17(3)29)11-7-5-6-8-12-24/h13-14H,5-12H2,1-4H3,(H,25,30)(H,27,29). The van der Waals surface area contributed by atoms with Crippen molar-refractivity contribution in [1.29, 1.82) is 0 Å². The first-order valence-corrected chi connectivity index (χ1v) is 11.4. The smallest absolute Gasteiger partial charge is 0.338 e. The average molecular weight is 457 g/mol. The fraction of sp³-hybridized carbons (Fsp3) is 0.542. The minimum atomic E-state index is -0.615. The van der Waals surface area contributed by atoms with E-state index in [9.17, 15) is 14.4 Å². The van der Waals surface area contributed by atoms with Gasteiger partial charge < -0.3 is 19.9 Å². The maximum Gasteiger partial charge on any atom is 0.338 e. The van der Waals surface area contributed by atoms with Crippen molar-refractivity contribution in [3.63, 3.8) is 0 Å². The van der Waals surface area contributed by atoms with Crippen LogP contribution in [-0.2, 0) is 26.3 Å². The predicted molar refractivity (Wildman–Crippen MR) is 122 cm³/mol. The van der Waals surface area contributed by atoms with Gasteiger partial charge in [-0.1, -0.05) is 30.8 Å². The number of aromatic nitrogens is 2. The molecule has 1 aromatic carbocycles. The molecule has 1 saturated carbocycles. The number of nitrogens with zero attached hydrogens (tertiary/aromatic N) is 2. The van der Waals surface area contributed by atoms with Gasteiger partial charge in [0.15, 0.2) is 5.82 Å². The molecule has 9 nitrogen and oxygen atoms in total. The summed E-state index contributed by atoms with van der Waals surface area (Å²) < 4.78 is 10.2. The quantitative estimate of drug-likeness (QED) is 0.480. The van der Waals surface area contributed by atoms with Crippen molar-refractivity contribution in [2.45, 2.75) is 77.7 Å². The zero-order chi connectivity index (χ0) is 24.0. The first-order valence-electron chi connectivity index (χ1n) is 11.4. The number of carbonyl (C=O) groups is 3. The summed E-state index contributed by atoms with van der Waals surface area (Å²) in [5.41, 5.74) is 2.01. The first-order chi connectivity index (χ1) is 15.7. The number of ether oxygens (including phenoxy) is 1. The van der Waals surface area contributed by atoms with Crippen molar-refractivity contribution in [3.05, 3.63) is 40.5 Å². The van der Waals surface area contributed by atoms with Gasteiger partial charge in [0.2, 0.25) is 17.7 Å². The van der Waals surface area contributed by atoms with Crippen LogP contribution in [0.5, 0.6) is 0 Å². The van der Waals surface area contributed by atoms with Crippen molar-refractivity contribution >= 4 is 23.5 Å². The molecule has 33 heavy (non-hydrogen) atoms. The molecule has 1 fully saturated rings. The van der Waals surface area contributed by atoms with Crippen LogP contribution in [0.2, 0.25) is 0 Å². The highest BCUT2D eigenvalue weighted by Crippen LogP contribution is 2.34. The van der Waals surface area contributed by atoms with Crippen molar-refractivity contribution in [1.82, 2.24) is 15.5 Å². The average Bonchev–Trinajstić information content (AvgIpc) is 3.14. The summed E-state index contributed by atoms with van der Waals surface area (Å²) in [5.74, 6) is 0.0234. The second kappa shape index (κ2) is 10.6. The van der Waals surface area contributed by atoms with Gasteiger partial charge >= 0.3 is 5.97 Å². The van der Waals surface area contributed by atoms with Gasteiger partial charge in [-0.15, -0.1) is 0 Å². The molecule has 2 amide bonds. The molecule has 1 aliphatic rings. The number of rotatable bonds is 7. The SMILES string of the molecule is COC(=O)c1cc(NC(=O)CCc2nc(C3(NC(C)=O)CCCCCC3)no2)cc(C)c1C. The summed E-state index contributed by atoms with van der Waals surface area (Å²) in [6.07, 6.45) is 6.12. The fourth-order valence-corrected chi connectivity index (χ4v) is 4.32. The number of methoxy groups -OCH3 is 1. The van der Waals surface area contributed by atoms with E-state index in [4.69, 9.17) is 9.26 Å².